The largest absolute Gasteiger partial charge is 2.00 e. The minimum Gasteiger partial charge on any atom is -0.564 e. The fourth-order valence-electron chi connectivity index (χ4n) is 5.91. The number of hydrogen-bond donors (Lipinski definition) is 7. The van der Waals surface area contributed by atoms with Crippen molar-refractivity contribution in [3.8, 4) is 11.5 Å². The fraction of sp³-hybridized carbons (Fsp3) is 0.424. The number of nitrogens with one attached hydrogen (secondary N) is 4. The molecule has 2 aromatic rings. The van der Waals surface area contributed by atoms with E-state index in [1.54, 1.807) is 17.1 Å². The number of benzene rings is 2. The number of fused-ring (bicyclic) bond motifs is 3. The molecule has 1 saturated heterocycles. The van der Waals surface area contributed by atoms with E-state index in [1.165, 1.54) is 45.6 Å². The van der Waals surface area contributed by atoms with Crippen LogP contribution in [0.1, 0.15) is 71.8 Å². The van der Waals surface area contributed by atoms with Crippen LogP contribution in [0, 0.1) is 55.5 Å². The Hall–Kier alpha value is -3.79. The van der Waals surface area contributed by atoms with Crippen LogP contribution in [0.3, 0.4) is 0 Å². The minimum absolute atomic E-state index is 0. The van der Waals surface area contributed by atoms with Crippen LogP contribution >= 0.6 is 0 Å². The number of hydrogen-bond acceptors (Lipinski definition) is 10. The second-order valence-corrected chi connectivity index (χ2v) is 12.5. The number of anilines is 1. The van der Waals surface area contributed by atoms with Crippen LogP contribution in [0.4, 0.5) is 32.0 Å². The van der Waals surface area contributed by atoms with Gasteiger partial charge >= 0.3 is 55.3 Å². The van der Waals surface area contributed by atoms with Crippen LogP contribution < -0.4 is 16.0 Å². The number of alkyl halides is 6. The molecule has 0 radical (unpaired) electrons. The third-order valence-corrected chi connectivity index (χ3v) is 8.65. The summed E-state index contributed by atoms with van der Waals surface area (Å²) in [7, 11) is 0. The van der Waals surface area contributed by atoms with Gasteiger partial charge in [0, 0.05) is 47.6 Å². The average molecular weight is 967 g/mol. The zero-order valence-corrected chi connectivity index (χ0v) is 32.0. The number of carbonyl (C=O) groups excluding carboxylic acids is 4. The van der Waals surface area contributed by atoms with E-state index < -0.39 is 53.6 Å². The maximum atomic E-state index is 13.4. The van der Waals surface area contributed by atoms with Crippen LogP contribution in [0.25, 0.3) is 0 Å². The Morgan fingerprint density at radius 3 is 2.21 bits per heavy atom. The van der Waals surface area contributed by atoms with Crippen LogP contribution in [-0.4, -0.2) is 87.6 Å². The first-order chi connectivity index (χ1) is 23.6. The summed E-state index contributed by atoms with van der Waals surface area (Å²) in [5.74, 6) is -6.00. The van der Waals surface area contributed by atoms with Crippen molar-refractivity contribution in [1.29, 1.82) is 5.41 Å². The number of aromatic hydroxyl groups is 2. The molecule has 0 saturated carbocycles. The van der Waals surface area contributed by atoms with Crippen molar-refractivity contribution in [2.24, 2.45) is 5.92 Å². The molecule has 7 N–H and O–H groups in total. The number of phenols is 2. The molecule has 5 rings (SSSR count). The summed E-state index contributed by atoms with van der Waals surface area (Å²) >= 11 is 0. The van der Waals surface area contributed by atoms with Crippen molar-refractivity contribution in [2.45, 2.75) is 70.1 Å². The molecule has 0 spiro atoms. The third-order valence-electron chi connectivity index (χ3n) is 8.65. The Morgan fingerprint density at radius 2 is 1.62 bits per heavy atom. The number of phenolic OH excluding ortho intramolecular Hbond substituents is 2. The van der Waals surface area contributed by atoms with Gasteiger partial charge in [0.2, 0.25) is 0 Å². The van der Waals surface area contributed by atoms with E-state index in [2.05, 4.69) is 5.32 Å². The smallest absolute Gasteiger partial charge is 0.564 e. The minimum atomic E-state index is -5.01. The van der Waals surface area contributed by atoms with Gasteiger partial charge in [0.05, 0.1) is 28.7 Å². The van der Waals surface area contributed by atoms with Gasteiger partial charge < -0.3 is 41.4 Å². The molecule has 1 fully saturated rings. The average Bonchev–Trinajstić information content (AvgIpc) is 3.04. The summed E-state index contributed by atoms with van der Waals surface area (Å²) in [5.41, 5.74) is -0.709. The van der Waals surface area contributed by atoms with Crippen molar-refractivity contribution in [1.82, 2.24) is 10.6 Å². The molecule has 19 heteroatoms. The van der Waals surface area contributed by atoms with Crippen molar-refractivity contribution in [3.05, 3.63) is 64.6 Å². The van der Waals surface area contributed by atoms with E-state index in [0.717, 1.165) is 0 Å². The van der Waals surface area contributed by atoms with E-state index >= 15 is 0 Å². The molecular formula is C33H34F6N4O8U. The molecule has 0 aromatic heterocycles. The number of rotatable bonds is 6. The maximum Gasteiger partial charge on any atom is 2.00 e. The van der Waals surface area contributed by atoms with Gasteiger partial charge in [-0.3, -0.25) is 19.2 Å². The molecule has 52 heavy (non-hydrogen) atoms. The Bertz CT molecular complexity index is 1770. The van der Waals surface area contributed by atoms with Crippen molar-refractivity contribution < 1.29 is 96.7 Å². The molecule has 2 aliphatic carbocycles. The summed E-state index contributed by atoms with van der Waals surface area (Å²) in [6.07, 6.45) is -9.03. The van der Waals surface area contributed by atoms with E-state index in [9.17, 15) is 60.8 Å². The molecule has 3 atom stereocenters. The second-order valence-electron chi connectivity index (χ2n) is 12.5. The van der Waals surface area contributed by atoms with E-state index in [4.69, 9.17) is 10.1 Å². The number of amides is 2. The Labute approximate surface area is 316 Å². The molecule has 1 unspecified atom stereocenters. The molecule has 2 amide bonds. The quantitative estimate of drug-likeness (QED) is 0.0836. The summed E-state index contributed by atoms with van der Waals surface area (Å²) in [4.78, 5) is 46.9. The Balaban J connectivity index is 0.000000362. The van der Waals surface area contributed by atoms with E-state index in [-0.39, 0.29) is 119 Å². The van der Waals surface area contributed by atoms with E-state index in [0.29, 0.717) is 6.42 Å². The van der Waals surface area contributed by atoms with Crippen LogP contribution in [0.15, 0.2) is 18.2 Å². The predicted octanol–water partition coefficient (Wildman–Crippen LogP) is 3.61. The molecule has 280 valence electrons. The number of ether oxygens (including phenoxy) is 1. The summed E-state index contributed by atoms with van der Waals surface area (Å²) in [6, 6.07) is 3.46. The first-order valence-electron chi connectivity index (χ1n) is 15.4. The van der Waals surface area contributed by atoms with Crippen molar-refractivity contribution >= 4 is 34.8 Å². The van der Waals surface area contributed by atoms with Gasteiger partial charge in [0.25, 0.3) is 0 Å². The number of aliphatic hydroxyl groups is 1. The molecular weight excluding hydrogens is 932 g/mol. The van der Waals surface area contributed by atoms with Crippen LogP contribution in [-0.2, 0) is 25.5 Å². The molecule has 1 aliphatic heterocycles. The van der Waals surface area contributed by atoms with Gasteiger partial charge in [0.15, 0.2) is 5.78 Å². The first kappa shape index (κ1) is 42.6. The zero-order chi connectivity index (χ0) is 38.2. The summed E-state index contributed by atoms with van der Waals surface area (Å²) < 4.78 is 78.1. The first-order valence-corrected chi connectivity index (χ1v) is 15.4. The molecule has 3 aliphatic rings. The Kier molecular flexibility index (Phi) is 13.2. The SMILES string of the molecule is CC(=O)C1C[CH-]c2c(O)c3c(c(O)c2C1)C(=O)c1cccc(NCCNC(=O)C(F)(F)F)c1C3=N.CC1(C)O[CH-]C[C@H](NC(=O)C(F)(F)F)[C@@H]1O.[U+2]. The number of aliphatic hydroxyl groups excluding tert-OH is 1. The standard InChI is InChI=1S/C24H21F3N3O5.C9H13F3NO3.U/c1-10(31)11-5-6-12-14(9-11)22(34)18-17(20(12)32)19(28)16-13(21(18)33)3-2-4-15(16)29-7-8-30-23(35)24(25,26)27;1-8(2)6(14)5(3-4-16-8)13-7(15)9(10,11)12;/h2-4,6,11,28-29,32,34H,5,7-9H2,1H3,(H,30,35);4-6,14H,3H2,1-2H3,(H,13,15);/q2*-1;+2/t;5-,6-;/m.0./s1. The molecule has 12 nitrogen and oxygen atoms in total. The summed E-state index contributed by atoms with van der Waals surface area (Å²) in [6.45, 7) is 5.27. The van der Waals surface area contributed by atoms with Gasteiger partial charge in [-0.1, -0.05) is 25.0 Å². The monoisotopic (exact) mass is 966 g/mol. The number of Topliss-reactive ketones (excluding diaryl/α,β-unsaturated/α-hetero) is 1. The topological polar surface area (TPSA) is 198 Å². The molecule has 0 bridgehead atoms. The zero-order valence-electron chi connectivity index (χ0n) is 27.8. The molecule has 1 heterocycles. The van der Waals surface area contributed by atoms with E-state index in [1.807, 2.05) is 0 Å². The number of halogens is 6. The third kappa shape index (κ3) is 8.87. The van der Waals surface area contributed by atoms with Gasteiger partial charge in [-0.25, -0.2) is 6.61 Å². The van der Waals surface area contributed by atoms with Crippen LogP contribution in [0.2, 0.25) is 0 Å². The summed E-state index contributed by atoms with van der Waals surface area (Å²) in [5, 5.41) is 46.6. The van der Waals surface area contributed by atoms with Crippen molar-refractivity contribution in [3.63, 3.8) is 0 Å². The predicted molar refractivity (Wildman–Crippen MR) is 167 cm³/mol. The Morgan fingerprint density at radius 1 is 0.981 bits per heavy atom. The molecule has 2 aromatic carbocycles. The normalized spacial score (nSPS) is 20.3. The van der Waals surface area contributed by atoms with Crippen LogP contribution in [0.5, 0.6) is 11.5 Å². The maximum absolute atomic E-state index is 13.4. The van der Waals surface area contributed by atoms with Crippen molar-refractivity contribution in [2.75, 3.05) is 18.4 Å². The van der Waals surface area contributed by atoms with Gasteiger partial charge in [-0.15, -0.1) is 17.5 Å². The van der Waals surface area contributed by atoms with Gasteiger partial charge in [0.1, 0.15) is 5.78 Å². The number of ketones is 2. The van der Waals surface area contributed by atoms with Gasteiger partial charge in [-0.05, 0) is 32.4 Å². The second kappa shape index (κ2) is 16.1. The number of carbonyl (C=O) groups is 4. The fourth-order valence-corrected chi connectivity index (χ4v) is 5.91. The van der Waals surface area contributed by atoms with Gasteiger partial charge in [-0.2, -0.15) is 32.8 Å².